The second kappa shape index (κ2) is 9.04. The minimum Gasteiger partial charge on any atom is -0.382 e. The lowest BCUT2D eigenvalue weighted by Crippen LogP contribution is -2.38. The highest BCUT2D eigenvalue weighted by Crippen LogP contribution is 2.32. The van der Waals surface area contributed by atoms with Gasteiger partial charge >= 0.3 is 0 Å². The molecule has 0 fully saturated rings. The first-order valence-corrected chi connectivity index (χ1v) is 8.30. The molecule has 0 aliphatic carbocycles. The van der Waals surface area contributed by atoms with Gasteiger partial charge in [0.1, 0.15) is 6.73 Å². The monoisotopic (exact) mass is 321 g/mol. The van der Waals surface area contributed by atoms with E-state index in [9.17, 15) is 4.79 Å². The second-order valence-electron chi connectivity index (χ2n) is 6.87. The Hall–Kier alpha value is -1.39. The molecule has 0 radical (unpaired) electrons. The van der Waals surface area contributed by atoms with Crippen LogP contribution in [0.25, 0.3) is 0 Å². The highest BCUT2D eigenvalue weighted by atomic mass is 16.5. The van der Waals surface area contributed by atoms with Gasteiger partial charge in [-0.1, -0.05) is 52.8 Å². The predicted molar refractivity (Wildman–Crippen MR) is 94.8 cm³/mol. The van der Waals surface area contributed by atoms with Crippen molar-refractivity contribution in [1.29, 1.82) is 0 Å². The molecule has 1 rings (SSSR count). The Bertz CT molecular complexity index is 494. The molecule has 0 bridgehead atoms. The van der Waals surface area contributed by atoms with Crippen LogP contribution >= 0.6 is 0 Å². The molecular weight excluding hydrogens is 290 g/mol. The molecular formula is C19H31NO3. The second-order valence-corrected chi connectivity index (χ2v) is 6.87. The van der Waals surface area contributed by atoms with Crippen LogP contribution < -0.4 is 4.90 Å². The van der Waals surface area contributed by atoms with Gasteiger partial charge in [0.2, 0.25) is 5.91 Å². The summed E-state index contributed by atoms with van der Waals surface area (Å²) in [6.45, 7) is 11.7. The zero-order chi connectivity index (χ0) is 17.5. The van der Waals surface area contributed by atoms with E-state index in [4.69, 9.17) is 9.47 Å². The molecule has 23 heavy (non-hydrogen) atoms. The molecule has 4 heteroatoms. The van der Waals surface area contributed by atoms with E-state index in [0.29, 0.717) is 13.2 Å². The molecule has 0 saturated heterocycles. The van der Waals surface area contributed by atoms with Gasteiger partial charge in [0, 0.05) is 18.7 Å². The molecule has 0 N–H and O–H groups in total. The van der Waals surface area contributed by atoms with Gasteiger partial charge in [-0.15, -0.1) is 0 Å². The molecule has 0 aliphatic heterocycles. The Morgan fingerprint density at radius 2 is 1.87 bits per heavy atom. The maximum absolute atomic E-state index is 12.8. The number of hydrogen-bond donors (Lipinski definition) is 0. The Balaban J connectivity index is 3.11. The summed E-state index contributed by atoms with van der Waals surface area (Å²) in [6.07, 6.45) is 0.811. The van der Waals surface area contributed by atoms with E-state index >= 15 is 0 Å². The first-order chi connectivity index (χ1) is 10.8. The molecule has 0 heterocycles. The molecule has 1 aromatic rings. The van der Waals surface area contributed by atoms with E-state index in [-0.39, 0.29) is 24.0 Å². The lowest BCUT2D eigenvalue weighted by Gasteiger charge is -2.31. The molecule has 1 aromatic carbocycles. The average molecular weight is 321 g/mol. The standard InChI is InChI=1S/C19H31NO3/c1-7-15(2)18(21)20(14-23-13-12-22-6)17-11-9-8-10-16(17)19(3,4)5/h8-11,15H,7,12-14H2,1-6H3/t15-/m1/s1. The third-order valence-corrected chi connectivity index (χ3v) is 3.96. The zero-order valence-corrected chi connectivity index (χ0v) is 15.4. The van der Waals surface area contributed by atoms with Gasteiger partial charge in [0.05, 0.1) is 13.2 Å². The summed E-state index contributed by atoms with van der Waals surface area (Å²) in [5.74, 6) is 0.0654. The first kappa shape index (κ1) is 19.7. The molecule has 0 aromatic heterocycles. The van der Waals surface area contributed by atoms with Gasteiger partial charge < -0.3 is 9.47 Å². The number of hydrogen-bond acceptors (Lipinski definition) is 3. The van der Waals surface area contributed by atoms with Crippen LogP contribution in [-0.4, -0.2) is 33.0 Å². The third kappa shape index (κ3) is 5.63. The molecule has 0 spiro atoms. The van der Waals surface area contributed by atoms with Crippen molar-refractivity contribution in [3.63, 3.8) is 0 Å². The van der Waals surface area contributed by atoms with Gasteiger partial charge in [-0.05, 0) is 23.5 Å². The number of methoxy groups -OCH3 is 1. The molecule has 0 aliphatic rings. The van der Waals surface area contributed by atoms with Crippen molar-refractivity contribution in [2.24, 2.45) is 5.92 Å². The summed E-state index contributed by atoms with van der Waals surface area (Å²) in [5, 5.41) is 0. The van der Waals surface area contributed by atoms with E-state index in [0.717, 1.165) is 17.7 Å². The lowest BCUT2D eigenvalue weighted by atomic mass is 9.85. The van der Waals surface area contributed by atoms with Gasteiger partial charge in [0.25, 0.3) is 0 Å². The summed E-state index contributed by atoms with van der Waals surface area (Å²) in [4.78, 5) is 14.6. The van der Waals surface area contributed by atoms with Crippen molar-refractivity contribution in [2.75, 3.05) is 32.0 Å². The SMILES string of the molecule is CC[C@@H](C)C(=O)N(COCCOC)c1ccccc1C(C)(C)C. The van der Waals surface area contributed by atoms with Crippen molar-refractivity contribution in [1.82, 2.24) is 0 Å². The van der Waals surface area contributed by atoms with Crippen LogP contribution in [0.5, 0.6) is 0 Å². The third-order valence-electron chi connectivity index (χ3n) is 3.96. The minimum absolute atomic E-state index is 0.0333. The van der Waals surface area contributed by atoms with Gasteiger partial charge in [0.15, 0.2) is 0 Å². The fraction of sp³-hybridized carbons (Fsp3) is 0.632. The number of nitrogens with zero attached hydrogens (tertiary/aromatic N) is 1. The first-order valence-electron chi connectivity index (χ1n) is 8.30. The Kier molecular flexibility index (Phi) is 7.73. The van der Waals surface area contributed by atoms with Crippen LogP contribution in [0.15, 0.2) is 24.3 Å². The number of para-hydroxylation sites is 1. The molecule has 4 nitrogen and oxygen atoms in total. The number of carbonyl (C=O) groups is 1. The summed E-state index contributed by atoms with van der Waals surface area (Å²) in [5.41, 5.74) is 2.03. The Morgan fingerprint density at radius 1 is 1.22 bits per heavy atom. The number of amides is 1. The highest BCUT2D eigenvalue weighted by molar-refractivity contribution is 5.95. The van der Waals surface area contributed by atoms with Crippen LogP contribution in [0.4, 0.5) is 5.69 Å². The maximum Gasteiger partial charge on any atom is 0.231 e. The fourth-order valence-corrected chi connectivity index (χ4v) is 2.33. The molecule has 0 unspecified atom stereocenters. The molecule has 1 atom stereocenters. The van der Waals surface area contributed by atoms with Gasteiger partial charge in [-0.2, -0.15) is 0 Å². The predicted octanol–water partition coefficient (Wildman–Crippen LogP) is 3.98. The van der Waals surface area contributed by atoms with Crippen molar-refractivity contribution < 1.29 is 14.3 Å². The number of benzene rings is 1. The van der Waals surface area contributed by atoms with Gasteiger partial charge in [-0.3, -0.25) is 9.69 Å². The topological polar surface area (TPSA) is 38.8 Å². The van der Waals surface area contributed by atoms with Crippen LogP contribution in [-0.2, 0) is 19.7 Å². The number of ether oxygens (including phenoxy) is 2. The van der Waals surface area contributed by atoms with Crippen LogP contribution in [0, 0.1) is 5.92 Å². The van der Waals surface area contributed by atoms with Crippen LogP contribution in [0.1, 0.15) is 46.6 Å². The maximum atomic E-state index is 12.8. The average Bonchev–Trinajstić information content (AvgIpc) is 2.53. The normalized spacial score (nSPS) is 13.0. The van der Waals surface area contributed by atoms with E-state index < -0.39 is 0 Å². The molecule has 0 saturated carbocycles. The zero-order valence-electron chi connectivity index (χ0n) is 15.4. The van der Waals surface area contributed by atoms with Crippen LogP contribution in [0.2, 0.25) is 0 Å². The number of carbonyl (C=O) groups excluding carboxylic acids is 1. The van der Waals surface area contributed by atoms with E-state index in [1.165, 1.54) is 0 Å². The number of rotatable bonds is 8. The smallest absolute Gasteiger partial charge is 0.231 e. The quantitative estimate of drug-likeness (QED) is 0.537. The summed E-state index contributed by atoms with van der Waals surface area (Å²) in [7, 11) is 1.64. The Labute approximate surface area is 140 Å². The largest absolute Gasteiger partial charge is 0.382 e. The van der Waals surface area contributed by atoms with Gasteiger partial charge in [-0.25, -0.2) is 0 Å². The summed E-state index contributed by atoms with van der Waals surface area (Å²) >= 11 is 0. The molecule has 130 valence electrons. The Morgan fingerprint density at radius 3 is 2.43 bits per heavy atom. The van der Waals surface area contributed by atoms with Crippen molar-refractivity contribution in [2.45, 2.75) is 46.5 Å². The fourth-order valence-electron chi connectivity index (χ4n) is 2.33. The van der Waals surface area contributed by atoms with E-state index in [2.05, 4.69) is 26.8 Å². The van der Waals surface area contributed by atoms with Crippen molar-refractivity contribution >= 4 is 11.6 Å². The summed E-state index contributed by atoms with van der Waals surface area (Å²) in [6, 6.07) is 8.07. The molecule has 1 amide bonds. The van der Waals surface area contributed by atoms with Crippen molar-refractivity contribution in [3.05, 3.63) is 29.8 Å². The number of anilines is 1. The minimum atomic E-state index is -0.0445. The van der Waals surface area contributed by atoms with Crippen LogP contribution in [0.3, 0.4) is 0 Å². The lowest BCUT2D eigenvalue weighted by molar-refractivity contribution is -0.123. The van der Waals surface area contributed by atoms with E-state index in [1.807, 2.05) is 32.0 Å². The van der Waals surface area contributed by atoms with Crippen molar-refractivity contribution in [3.8, 4) is 0 Å². The summed E-state index contributed by atoms with van der Waals surface area (Å²) < 4.78 is 10.7. The highest BCUT2D eigenvalue weighted by Gasteiger charge is 2.26. The van der Waals surface area contributed by atoms with E-state index in [1.54, 1.807) is 12.0 Å².